The number of fused-ring (bicyclic) bond motifs is 1. The molecule has 3 atom stereocenters. The fraction of sp³-hybridized carbons (Fsp3) is 0.478. The van der Waals surface area contributed by atoms with Crippen molar-refractivity contribution >= 4 is 10.0 Å². The van der Waals surface area contributed by atoms with Crippen LogP contribution < -0.4 is 0 Å². The molecule has 2 saturated heterocycles. The van der Waals surface area contributed by atoms with E-state index in [1.54, 1.807) is 4.31 Å². The molecule has 0 bridgehead atoms. The van der Waals surface area contributed by atoms with Crippen molar-refractivity contribution in [1.82, 2.24) is 9.21 Å². The zero-order valence-corrected chi connectivity index (χ0v) is 18.0. The lowest BCUT2D eigenvalue weighted by Crippen LogP contribution is -2.67. The second-order valence-electron chi connectivity index (χ2n) is 8.35. The summed E-state index contributed by atoms with van der Waals surface area (Å²) < 4.78 is 26.0. The predicted molar refractivity (Wildman–Crippen MR) is 116 cm³/mol. The van der Waals surface area contributed by atoms with Gasteiger partial charge in [-0.3, -0.25) is 4.90 Å². The smallest absolute Gasteiger partial charge is 0.211 e. The van der Waals surface area contributed by atoms with Crippen LogP contribution in [0.15, 0.2) is 48.5 Å². The fourth-order valence-electron chi connectivity index (χ4n) is 4.99. The van der Waals surface area contributed by atoms with Gasteiger partial charge in [0.25, 0.3) is 0 Å². The number of aliphatic hydroxyl groups is 1. The number of sulfonamides is 1. The second kappa shape index (κ2) is 8.19. The van der Waals surface area contributed by atoms with Crippen molar-refractivity contribution in [2.24, 2.45) is 0 Å². The Morgan fingerprint density at radius 1 is 1.03 bits per heavy atom. The highest BCUT2D eigenvalue weighted by Gasteiger charge is 2.49. The van der Waals surface area contributed by atoms with Gasteiger partial charge in [0.05, 0.1) is 12.9 Å². The lowest BCUT2D eigenvalue weighted by atomic mass is 9.74. The zero-order valence-electron chi connectivity index (χ0n) is 17.2. The van der Waals surface area contributed by atoms with Gasteiger partial charge in [-0.2, -0.15) is 0 Å². The Hall–Kier alpha value is -1.73. The van der Waals surface area contributed by atoms with Gasteiger partial charge in [-0.05, 0) is 48.6 Å². The Morgan fingerprint density at radius 3 is 2.38 bits per heavy atom. The monoisotopic (exact) mass is 414 g/mol. The lowest BCUT2D eigenvalue weighted by molar-refractivity contribution is -0.0553. The van der Waals surface area contributed by atoms with Crippen LogP contribution in [0.1, 0.15) is 29.9 Å². The van der Waals surface area contributed by atoms with Crippen molar-refractivity contribution in [3.8, 4) is 11.1 Å². The molecule has 29 heavy (non-hydrogen) atoms. The molecule has 2 heterocycles. The molecule has 0 aromatic heterocycles. The van der Waals surface area contributed by atoms with Crippen molar-refractivity contribution in [2.45, 2.75) is 37.8 Å². The quantitative estimate of drug-likeness (QED) is 0.836. The van der Waals surface area contributed by atoms with E-state index in [1.807, 2.05) is 6.07 Å². The summed E-state index contributed by atoms with van der Waals surface area (Å²) in [5.41, 5.74) is 4.82. The van der Waals surface area contributed by atoms with Gasteiger partial charge in [-0.25, -0.2) is 12.7 Å². The van der Waals surface area contributed by atoms with Crippen LogP contribution in [0, 0.1) is 6.92 Å². The van der Waals surface area contributed by atoms with Crippen LogP contribution in [-0.2, 0) is 10.0 Å². The molecule has 2 aliphatic heterocycles. The van der Waals surface area contributed by atoms with Gasteiger partial charge >= 0.3 is 0 Å². The first-order chi connectivity index (χ1) is 13.9. The average Bonchev–Trinajstić information content (AvgIpc) is 2.67. The maximum Gasteiger partial charge on any atom is 0.211 e. The number of benzene rings is 2. The minimum atomic E-state index is -3.22. The molecule has 2 aliphatic rings. The number of rotatable bonds is 4. The Kier molecular flexibility index (Phi) is 5.80. The maximum atomic E-state index is 12.2. The molecule has 6 heteroatoms. The first-order valence-electron chi connectivity index (χ1n) is 10.4. The highest BCUT2D eigenvalue weighted by Crippen LogP contribution is 2.42. The van der Waals surface area contributed by atoms with Crippen LogP contribution in [-0.4, -0.2) is 67.3 Å². The van der Waals surface area contributed by atoms with Crippen LogP contribution in [0.5, 0.6) is 0 Å². The van der Waals surface area contributed by atoms with E-state index in [0.29, 0.717) is 13.1 Å². The Morgan fingerprint density at radius 2 is 1.72 bits per heavy atom. The van der Waals surface area contributed by atoms with Gasteiger partial charge in [0, 0.05) is 31.1 Å². The highest BCUT2D eigenvalue weighted by molar-refractivity contribution is 7.88. The van der Waals surface area contributed by atoms with Crippen LogP contribution in [0.3, 0.4) is 0 Å². The molecule has 0 unspecified atom stereocenters. The van der Waals surface area contributed by atoms with E-state index in [2.05, 4.69) is 54.3 Å². The maximum absolute atomic E-state index is 12.2. The van der Waals surface area contributed by atoms with Crippen molar-refractivity contribution in [2.75, 3.05) is 32.5 Å². The molecule has 156 valence electrons. The van der Waals surface area contributed by atoms with Crippen LogP contribution >= 0.6 is 0 Å². The molecule has 0 radical (unpaired) electrons. The fourth-order valence-corrected chi connectivity index (χ4v) is 5.88. The van der Waals surface area contributed by atoms with Crippen molar-refractivity contribution in [3.63, 3.8) is 0 Å². The van der Waals surface area contributed by atoms with Crippen LogP contribution in [0.2, 0.25) is 0 Å². The Bertz CT molecular complexity index is 958. The molecule has 0 saturated carbocycles. The zero-order chi connectivity index (χ0) is 20.6. The van der Waals surface area contributed by atoms with Crippen LogP contribution in [0.4, 0.5) is 0 Å². The predicted octanol–water partition coefficient (Wildman–Crippen LogP) is 2.85. The number of aliphatic hydroxyl groups excluding tert-OH is 1. The Balaban J connectivity index is 1.61. The van der Waals surface area contributed by atoms with E-state index in [4.69, 9.17) is 0 Å². The summed E-state index contributed by atoms with van der Waals surface area (Å²) in [6.07, 6.45) is 3.12. The molecule has 0 aliphatic carbocycles. The van der Waals surface area contributed by atoms with E-state index in [0.717, 1.165) is 19.4 Å². The number of hydrogen-bond acceptors (Lipinski definition) is 4. The molecular formula is C23H30N2O3S. The number of aryl methyl sites for hydroxylation is 1. The summed E-state index contributed by atoms with van der Waals surface area (Å²) in [5, 5.41) is 10.0. The normalized spacial score (nSPS) is 26.2. The highest BCUT2D eigenvalue weighted by atomic mass is 32.2. The molecule has 0 spiro atoms. The molecule has 4 rings (SSSR count). The van der Waals surface area contributed by atoms with E-state index in [9.17, 15) is 13.5 Å². The topological polar surface area (TPSA) is 60.9 Å². The molecule has 2 aromatic carbocycles. The lowest BCUT2D eigenvalue weighted by Gasteiger charge is -2.57. The van der Waals surface area contributed by atoms with E-state index < -0.39 is 10.0 Å². The third kappa shape index (κ3) is 3.99. The summed E-state index contributed by atoms with van der Waals surface area (Å²) in [6.45, 7) is 4.22. The number of hydrogen-bond donors (Lipinski definition) is 1. The average molecular weight is 415 g/mol. The summed E-state index contributed by atoms with van der Waals surface area (Å²) in [6, 6.07) is 17.1. The SMILES string of the molecule is Cc1ccccc1-c1ccc([C@H]2[C@@H](CO)N3CCCCN(S(C)(=O)=O)C[C@@H]23)cc1. The first kappa shape index (κ1) is 20.5. The summed E-state index contributed by atoms with van der Waals surface area (Å²) >= 11 is 0. The molecule has 5 nitrogen and oxygen atoms in total. The summed E-state index contributed by atoms with van der Waals surface area (Å²) in [4.78, 5) is 2.30. The summed E-state index contributed by atoms with van der Waals surface area (Å²) in [5.74, 6) is 0.147. The molecule has 0 amide bonds. The van der Waals surface area contributed by atoms with Crippen molar-refractivity contribution < 1.29 is 13.5 Å². The van der Waals surface area contributed by atoms with Gasteiger partial charge < -0.3 is 5.11 Å². The first-order valence-corrected chi connectivity index (χ1v) is 12.2. The minimum absolute atomic E-state index is 0.0591. The van der Waals surface area contributed by atoms with Gasteiger partial charge in [0.15, 0.2) is 0 Å². The van der Waals surface area contributed by atoms with Gasteiger partial charge in [-0.1, -0.05) is 48.5 Å². The third-order valence-corrected chi connectivity index (χ3v) is 7.82. The van der Waals surface area contributed by atoms with Crippen molar-refractivity contribution in [3.05, 3.63) is 59.7 Å². The molecule has 2 aromatic rings. The standard InChI is InChI=1S/C23H30N2O3S/c1-17-7-3-4-8-20(17)18-9-11-19(12-10-18)23-21-15-24(29(2,27)28)13-5-6-14-25(21)22(23)16-26/h3-4,7-12,21-23,26H,5-6,13-16H2,1-2H3/t21-,22+,23+/m0/s1. The molecular weight excluding hydrogens is 384 g/mol. The third-order valence-electron chi connectivity index (χ3n) is 6.55. The summed E-state index contributed by atoms with van der Waals surface area (Å²) in [7, 11) is -3.22. The van der Waals surface area contributed by atoms with E-state index in [1.165, 1.54) is 28.5 Å². The van der Waals surface area contributed by atoms with Gasteiger partial charge in [0.1, 0.15) is 0 Å². The van der Waals surface area contributed by atoms with Crippen LogP contribution in [0.25, 0.3) is 11.1 Å². The molecule has 1 N–H and O–H groups in total. The second-order valence-corrected chi connectivity index (χ2v) is 10.3. The number of nitrogens with zero attached hydrogens (tertiary/aromatic N) is 2. The largest absolute Gasteiger partial charge is 0.395 e. The van der Waals surface area contributed by atoms with E-state index in [-0.39, 0.29) is 24.6 Å². The Labute approximate surface area is 174 Å². The van der Waals surface area contributed by atoms with Gasteiger partial charge in [-0.15, -0.1) is 0 Å². The van der Waals surface area contributed by atoms with E-state index >= 15 is 0 Å². The van der Waals surface area contributed by atoms with Crippen molar-refractivity contribution in [1.29, 1.82) is 0 Å². The molecule has 2 fully saturated rings. The minimum Gasteiger partial charge on any atom is -0.395 e. The van der Waals surface area contributed by atoms with Gasteiger partial charge in [0.2, 0.25) is 10.0 Å².